The summed E-state index contributed by atoms with van der Waals surface area (Å²) in [7, 11) is 1.71. The van der Waals surface area contributed by atoms with Gasteiger partial charge in [-0.3, -0.25) is 9.79 Å². The first-order chi connectivity index (χ1) is 11.2. The molecule has 0 saturated carbocycles. The molecule has 0 spiro atoms. The maximum atomic E-state index is 11.9. The van der Waals surface area contributed by atoms with E-state index in [-0.39, 0.29) is 18.0 Å². The molecule has 5 heteroatoms. The van der Waals surface area contributed by atoms with Crippen LogP contribution in [0.3, 0.4) is 0 Å². The Balaban J connectivity index is 2.54. The van der Waals surface area contributed by atoms with Crippen molar-refractivity contribution in [3.05, 3.63) is 35.9 Å². The predicted molar refractivity (Wildman–Crippen MR) is 101 cm³/mol. The first kappa shape index (κ1) is 20.0. The molecule has 0 fully saturated rings. The van der Waals surface area contributed by atoms with E-state index in [4.69, 9.17) is 0 Å². The van der Waals surface area contributed by atoms with Gasteiger partial charge in [0, 0.05) is 25.0 Å². The first-order valence-electron chi connectivity index (χ1n) is 8.53. The van der Waals surface area contributed by atoms with Gasteiger partial charge in [-0.1, -0.05) is 44.2 Å². The number of guanidine groups is 1. The lowest BCUT2D eigenvalue weighted by Gasteiger charge is -2.24. The van der Waals surface area contributed by atoms with Crippen molar-refractivity contribution < 1.29 is 4.79 Å². The van der Waals surface area contributed by atoms with Crippen LogP contribution in [0.4, 0.5) is 0 Å². The number of hydrogen-bond acceptors (Lipinski definition) is 2. The van der Waals surface area contributed by atoms with Gasteiger partial charge in [-0.2, -0.15) is 0 Å². The van der Waals surface area contributed by atoms with Gasteiger partial charge in [0.25, 0.3) is 0 Å². The highest BCUT2D eigenvalue weighted by molar-refractivity contribution is 5.86. The SMILES string of the molecule is CN=C(NCC(=O)NC(C)(C)C)NCC(c1ccccc1)C(C)C. The monoisotopic (exact) mass is 332 g/mol. The molecule has 1 rings (SSSR count). The van der Waals surface area contributed by atoms with Crippen LogP contribution in [0, 0.1) is 5.92 Å². The Kier molecular flexibility index (Phi) is 7.75. The predicted octanol–water partition coefficient (Wildman–Crippen LogP) is 2.51. The van der Waals surface area contributed by atoms with E-state index in [1.165, 1.54) is 5.56 Å². The molecule has 24 heavy (non-hydrogen) atoms. The summed E-state index contributed by atoms with van der Waals surface area (Å²) >= 11 is 0. The standard InChI is InChI=1S/C19H32N4O/c1-14(2)16(15-10-8-7-9-11-15)12-21-18(20-6)22-13-17(24)23-19(3,4)5/h7-11,14,16H,12-13H2,1-6H3,(H,23,24)(H2,20,21,22). The highest BCUT2D eigenvalue weighted by Crippen LogP contribution is 2.23. The lowest BCUT2D eigenvalue weighted by molar-refractivity contribution is -0.121. The fourth-order valence-corrected chi connectivity index (χ4v) is 2.49. The van der Waals surface area contributed by atoms with Gasteiger partial charge in [0.15, 0.2) is 5.96 Å². The molecule has 0 heterocycles. The fourth-order valence-electron chi connectivity index (χ4n) is 2.49. The molecule has 0 bridgehead atoms. The van der Waals surface area contributed by atoms with Gasteiger partial charge in [-0.05, 0) is 32.3 Å². The van der Waals surface area contributed by atoms with Gasteiger partial charge in [0.05, 0.1) is 6.54 Å². The molecule has 0 saturated heterocycles. The fraction of sp³-hybridized carbons (Fsp3) is 0.579. The third-order valence-corrected chi connectivity index (χ3v) is 3.68. The van der Waals surface area contributed by atoms with E-state index in [0.29, 0.717) is 17.8 Å². The van der Waals surface area contributed by atoms with Crippen LogP contribution in [0.5, 0.6) is 0 Å². The average molecular weight is 332 g/mol. The highest BCUT2D eigenvalue weighted by Gasteiger charge is 2.17. The van der Waals surface area contributed by atoms with Crippen molar-refractivity contribution in [1.82, 2.24) is 16.0 Å². The summed E-state index contributed by atoms with van der Waals surface area (Å²) in [5.74, 6) is 1.48. The maximum absolute atomic E-state index is 11.9. The topological polar surface area (TPSA) is 65.5 Å². The quantitative estimate of drug-likeness (QED) is 0.554. The summed E-state index contributed by atoms with van der Waals surface area (Å²) in [6.45, 7) is 11.3. The highest BCUT2D eigenvalue weighted by atomic mass is 16.2. The van der Waals surface area contributed by atoms with Crippen molar-refractivity contribution in [3.8, 4) is 0 Å². The molecule has 0 aliphatic heterocycles. The second-order valence-corrected chi connectivity index (χ2v) is 7.37. The number of benzene rings is 1. The van der Waals surface area contributed by atoms with Gasteiger partial charge in [0.2, 0.25) is 5.91 Å². The zero-order chi connectivity index (χ0) is 18.2. The third-order valence-electron chi connectivity index (χ3n) is 3.68. The van der Waals surface area contributed by atoms with Crippen LogP contribution in [0.2, 0.25) is 0 Å². The number of rotatable bonds is 6. The van der Waals surface area contributed by atoms with E-state index in [0.717, 1.165) is 6.54 Å². The van der Waals surface area contributed by atoms with Gasteiger partial charge in [0.1, 0.15) is 0 Å². The molecule has 1 amide bonds. The van der Waals surface area contributed by atoms with Crippen molar-refractivity contribution >= 4 is 11.9 Å². The van der Waals surface area contributed by atoms with Crippen molar-refractivity contribution in [2.75, 3.05) is 20.1 Å². The lowest BCUT2D eigenvalue weighted by Crippen LogP contribution is -2.48. The molecular weight excluding hydrogens is 300 g/mol. The van der Waals surface area contributed by atoms with E-state index in [1.54, 1.807) is 7.05 Å². The summed E-state index contributed by atoms with van der Waals surface area (Å²) in [5, 5.41) is 9.31. The molecule has 3 N–H and O–H groups in total. The van der Waals surface area contributed by atoms with E-state index in [1.807, 2.05) is 26.8 Å². The normalized spacial score (nSPS) is 13.5. The van der Waals surface area contributed by atoms with Gasteiger partial charge >= 0.3 is 0 Å². The molecular formula is C19H32N4O. The lowest BCUT2D eigenvalue weighted by atomic mass is 9.88. The minimum Gasteiger partial charge on any atom is -0.356 e. The minimum atomic E-state index is -0.230. The molecule has 1 aromatic rings. The smallest absolute Gasteiger partial charge is 0.239 e. The minimum absolute atomic E-state index is 0.0473. The van der Waals surface area contributed by atoms with E-state index >= 15 is 0 Å². The summed E-state index contributed by atoms with van der Waals surface area (Å²) in [6, 6.07) is 10.5. The molecule has 5 nitrogen and oxygen atoms in total. The van der Waals surface area contributed by atoms with Crippen molar-refractivity contribution in [1.29, 1.82) is 0 Å². The van der Waals surface area contributed by atoms with Crippen LogP contribution >= 0.6 is 0 Å². The van der Waals surface area contributed by atoms with Crippen LogP contribution < -0.4 is 16.0 Å². The number of hydrogen-bond donors (Lipinski definition) is 3. The Hall–Kier alpha value is -2.04. The molecule has 134 valence electrons. The zero-order valence-electron chi connectivity index (χ0n) is 15.8. The molecule has 0 aliphatic carbocycles. The Labute approximate surface area is 146 Å². The molecule has 0 aliphatic rings. The second-order valence-electron chi connectivity index (χ2n) is 7.37. The zero-order valence-corrected chi connectivity index (χ0v) is 15.8. The van der Waals surface area contributed by atoms with Crippen LogP contribution in [-0.2, 0) is 4.79 Å². The first-order valence-corrected chi connectivity index (χ1v) is 8.53. The molecule has 1 aromatic carbocycles. The molecule has 0 aromatic heterocycles. The Morgan fingerprint density at radius 1 is 1.12 bits per heavy atom. The summed E-state index contributed by atoms with van der Waals surface area (Å²) in [5.41, 5.74) is 1.08. The second kappa shape index (κ2) is 9.30. The molecule has 1 atom stereocenters. The number of nitrogens with one attached hydrogen (secondary N) is 3. The van der Waals surface area contributed by atoms with Crippen molar-refractivity contribution in [2.24, 2.45) is 10.9 Å². The number of carbonyl (C=O) groups excluding carboxylic acids is 1. The van der Waals surface area contributed by atoms with Crippen LogP contribution in [-0.4, -0.2) is 37.5 Å². The summed E-state index contributed by atoms with van der Waals surface area (Å²) in [4.78, 5) is 16.1. The van der Waals surface area contributed by atoms with Crippen molar-refractivity contribution in [2.45, 2.75) is 46.1 Å². The number of carbonyl (C=O) groups is 1. The number of nitrogens with zero attached hydrogens (tertiary/aromatic N) is 1. The largest absolute Gasteiger partial charge is 0.356 e. The Morgan fingerprint density at radius 3 is 2.25 bits per heavy atom. The van der Waals surface area contributed by atoms with E-state index in [9.17, 15) is 4.79 Å². The van der Waals surface area contributed by atoms with Crippen LogP contribution in [0.1, 0.15) is 46.1 Å². The summed E-state index contributed by atoms with van der Waals surface area (Å²) in [6.07, 6.45) is 0. The van der Waals surface area contributed by atoms with Crippen LogP contribution in [0.25, 0.3) is 0 Å². The molecule has 1 unspecified atom stereocenters. The third kappa shape index (κ3) is 7.49. The van der Waals surface area contributed by atoms with E-state index in [2.05, 4.69) is 59.1 Å². The Morgan fingerprint density at radius 2 is 1.75 bits per heavy atom. The van der Waals surface area contributed by atoms with E-state index < -0.39 is 0 Å². The summed E-state index contributed by atoms with van der Waals surface area (Å²) < 4.78 is 0. The molecule has 0 radical (unpaired) electrons. The number of amides is 1. The average Bonchev–Trinajstić information content (AvgIpc) is 2.49. The maximum Gasteiger partial charge on any atom is 0.239 e. The number of aliphatic imine (C=N–C) groups is 1. The van der Waals surface area contributed by atoms with Gasteiger partial charge in [-0.25, -0.2) is 0 Å². The van der Waals surface area contributed by atoms with Crippen molar-refractivity contribution in [3.63, 3.8) is 0 Å². The van der Waals surface area contributed by atoms with Gasteiger partial charge < -0.3 is 16.0 Å². The Bertz CT molecular complexity index is 532. The van der Waals surface area contributed by atoms with Crippen LogP contribution in [0.15, 0.2) is 35.3 Å². The van der Waals surface area contributed by atoms with Gasteiger partial charge in [-0.15, -0.1) is 0 Å².